The van der Waals surface area contributed by atoms with Gasteiger partial charge in [-0.25, -0.2) is 0 Å². The summed E-state index contributed by atoms with van der Waals surface area (Å²) in [6.45, 7) is 3.03. The third-order valence-electron chi connectivity index (χ3n) is 1.91. The second-order valence-corrected chi connectivity index (χ2v) is 3.98. The molecule has 1 rings (SSSR count). The number of nitrogen functional groups attached to an aromatic ring is 1. The van der Waals surface area contributed by atoms with E-state index in [4.69, 9.17) is 5.73 Å². The van der Waals surface area contributed by atoms with Crippen LogP contribution in [0.3, 0.4) is 0 Å². The number of anilines is 2. The van der Waals surface area contributed by atoms with Crippen molar-refractivity contribution in [2.75, 3.05) is 29.6 Å². The summed E-state index contributed by atoms with van der Waals surface area (Å²) < 4.78 is 0. The zero-order valence-corrected chi connectivity index (χ0v) is 8.95. The molecule has 1 aromatic carbocycles. The van der Waals surface area contributed by atoms with Crippen molar-refractivity contribution < 1.29 is 0 Å². The minimum absolute atomic E-state index is 0.857. The predicted molar refractivity (Wildman–Crippen MR) is 62.5 cm³/mol. The van der Waals surface area contributed by atoms with Gasteiger partial charge in [0.1, 0.15) is 0 Å². The summed E-state index contributed by atoms with van der Waals surface area (Å²) in [5.41, 5.74) is 8.86. The van der Waals surface area contributed by atoms with Gasteiger partial charge in [0.25, 0.3) is 0 Å². The van der Waals surface area contributed by atoms with Crippen molar-refractivity contribution in [1.29, 1.82) is 0 Å². The quantitative estimate of drug-likeness (QED) is 0.573. The molecule has 1 aromatic rings. The molecular weight excluding hydrogens is 180 g/mol. The number of benzene rings is 1. The fraction of sp³-hybridized carbons (Fsp3) is 0.400. The Kier molecular flexibility index (Phi) is 3.96. The first-order valence-electron chi connectivity index (χ1n) is 4.33. The van der Waals surface area contributed by atoms with E-state index in [1.165, 1.54) is 0 Å². The fourth-order valence-electron chi connectivity index (χ4n) is 1.08. The molecule has 3 N–H and O–H groups in total. The summed E-state index contributed by atoms with van der Waals surface area (Å²) in [6, 6.07) is 6.04. The molecule has 13 heavy (non-hydrogen) atoms. The molecule has 2 nitrogen and oxygen atoms in total. The molecule has 0 aliphatic rings. The molecule has 0 unspecified atom stereocenters. The van der Waals surface area contributed by atoms with Crippen molar-refractivity contribution in [3.63, 3.8) is 0 Å². The number of aryl methyl sites for hydroxylation is 1. The fourth-order valence-corrected chi connectivity index (χ4v) is 1.39. The average Bonchev–Trinajstić information content (AvgIpc) is 2.12. The highest BCUT2D eigenvalue weighted by Crippen LogP contribution is 2.16. The average molecular weight is 196 g/mol. The van der Waals surface area contributed by atoms with Gasteiger partial charge in [-0.15, -0.1) is 0 Å². The predicted octanol–water partition coefficient (Wildman–Crippen LogP) is 2.35. The normalized spacial score (nSPS) is 10.0. The number of thioether (sulfide) groups is 1. The maximum atomic E-state index is 5.71. The van der Waals surface area contributed by atoms with Crippen LogP contribution in [0.25, 0.3) is 0 Å². The van der Waals surface area contributed by atoms with Crippen LogP contribution < -0.4 is 11.1 Å². The summed E-state index contributed by atoms with van der Waals surface area (Å²) >= 11 is 1.84. The largest absolute Gasteiger partial charge is 0.399 e. The zero-order chi connectivity index (χ0) is 9.68. The molecule has 3 heteroatoms. The molecule has 0 saturated carbocycles. The van der Waals surface area contributed by atoms with E-state index < -0.39 is 0 Å². The third-order valence-corrected chi connectivity index (χ3v) is 2.52. The Bertz CT molecular complexity index is 274. The van der Waals surface area contributed by atoms with E-state index in [0.29, 0.717) is 0 Å². The summed E-state index contributed by atoms with van der Waals surface area (Å²) in [6.07, 6.45) is 2.11. The Morgan fingerprint density at radius 1 is 1.46 bits per heavy atom. The van der Waals surface area contributed by atoms with Gasteiger partial charge in [-0.3, -0.25) is 0 Å². The van der Waals surface area contributed by atoms with E-state index in [-0.39, 0.29) is 0 Å². The van der Waals surface area contributed by atoms with Crippen LogP contribution in [0.15, 0.2) is 18.2 Å². The van der Waals surface area contributed by atoms with E-state index in [2.05, 4.69) is 17.6 Å². The smallest absolute Gasteiger partial charge is 0.0345 e. The highest BCUT2D eigenvalue weighted by atomic mass is 32.2. The van der Waals surface area contributed by atoms with Crippen LogP contribution in [-0.2, 0) is 0 Å². The van der Waals surface area contributed by atoms with Crippen LogP contribution in [0, 0.1) is 6.92 Å². The van der Waals surface area contributed by atoms with Gasteiger partial charge < -0.3 is 11.1 Å². The molecule has 0 atom stereocenters. The van der Waals surface area contributed by atoms with Crippen molar-refractivity contribution >= 4 is 23.1 Å². The Morgan fingerprint density at radius 2 is 2.23 bits per heavy atom. The lowest BCUT2D eigenvalue weighted by atomic mass is 10.2. The van der Waals surface area contributed by atoms with Crippen molar-refractivity contribution in [3.8, 4) is 0 Å². The molecule has 72 valence electrons. The van der Waals surface area contributed by atoms with Gasteiger partial charge in [-0.05, 0) is 36.9 Å². The van der Waals surface area contributed by atoms with Crippen LogP contribution in [0.5, 0.6) is 0 Å². The standard InChI is InChI=1S/C10H16N2S/c1-8-7-9(3-4-10(8)11)12-5-6-13-2/h3-4,7,12H,5-6,11H2,1-2H3. The molecule has 0 spiro atoms. The lowest BCUT2D eigenvalue weighted by molar-refractivity contribution is 1.23. The second kappa shape index (κ2) is 5.02. The van der Waals surface area contributed by atoms with E-state index in [1.54, 1.807) is 0 Å². The summed E-state index contributed by atoms with van der Waals surface area (Å²) in [5, 5.41) is 3.34. The Balaban J connectivity index is 2.53. The molecule has 0 saturated heterocycles. The molecule has 0 aliphatic heterocycles. The molecule has 0 amide bonds. The molecule has 0 heterocycles. The highest BCUT2D eigenvalue weighted by molar-refractivity contribution is 7.98. The number of rotatable bonds is 4. The summed E-state index contributed by atoms with van der Waals surface area (Å²) in [4.78, 5) is 0. The van der Waals surface area contributed by atoms with Gasteiger partial charge >= 0.3 is 0 Å². The Labute approximate surface area is 83.9 Å². The number of hydrogen-bond acceptors (Lipinski definition) is 3. The summed E-state index contributed by atoms with van der Waals surface area (Å²) in [5.74, 6) is 1.13. The maximum Gasteiger partial charge on any atom is 0.0345 e. The van der Waals surface area contributed by atoms with Gasteiger partial charge in [0.2, 0.25) is 0 Å². The topological polar surface area (TPSA) is 38.0 Å². The van der Waals surface area contributed by atoms with E-state index in [1.807, 2.05) is 30.8 Å². The van der Waals surface area contributed by atoms with Crippen LogP contribution in [0.2, 0.25) is 0 Å². The number of nitrogens with two attached hydrogens (primary N) is 1. The first-order chi connectivity index (χ1) is 6.24. The molecule has 0 aromatic heterocycles. The Hall–Kier alpha value is -0.830. The zero-order valence-electron chi connectivity index (χ0n) is 8.13. The molecular formula is C10H16N2S. The first-order valence-corrected chi connectivity index (χ1v) is 5.72. The van der Waals surface area contributed by atoms with Crippen LogP contribution in [0.4, 0.5) is 11.4 Å². The lowest BCUT2D eigenvalue weighted by Gasteiger charge is -2.07. The third kappa shape index (κ3) is 3.19. The van der Waals surface area contributed by atoms with Crippen LogP contribution >= 0.6 is 11.8 Å². The van der Waals surface area contributed by atoms with Crippen LogP contribution in [0.1, 0.15) is 5.56 Å². The van der Waals surface area contributed by atoms with Gasteiger partial charge in [0.15, 0.2) is 0 Å². The van der Waals surface area contributed by atoms with Gasteiger partial charge in [-0.2, -0.15) is 11.8 Å². The summed E-state index contributed by atoms with van der Waals surface area (Å²) in [7, 11) is 0. The minimum Gasteiger partial charge on any atom is -0.399 e. The van der Waals surface area contributed by atoms with E-state index in [9.17, 15) is 0 Å². The monoisotopic (exact) mass is 196 g/mol. The lowest BCUT2D eigenvalue weighted by Crippen LogP contribution is -2.04. The molecule has 0 radical (unpaired) electrons. The number of nitrogens with one attached hydrogen (secondary N) is 1. The van der Waals surface area contributed by atoms with Crippen molar-refractivity contribution in [1.82, 2.24) is 0 Å². The van der Waals surface area contributed by atoms with Crippen molar-refractivity contribution in [3.05, 3.63) is 23.8 Å². The van der Waals surface area contributed by atoms with E-state index >= 15 is 0 Å². The van der Waals surface area contributed by atoms with Gasteiger partial charge in [-0.1, -0.05) is 0 Å². The molecule has 0 fully saturated rings. The van der Waals surface area contributed by atoms with E-state index in [0.717, 1.165) is 29.2 Å². The van der Waals surface area contributed by atoms with Crippen LogP contribution in [-0.4, -0.2) is 18.6 Å². The Morgan fingerprint density at radius 3 is 2.85 bits per heavy atom. The van der Waals surface area contributed by atoms with Gasteiger partial charge in [0.05, 0.1) is 0 Å². The SMILES string of the molecule is CSCCNc1ccc(N)c(C)c1. The minimum atomic E-state index is 0.857. The first kappa shape index (κ1) is 10.3. The molecule has 0 aliphatic carbocycles. The highest BCUT2D eigenvalue weighted by Gasteiger charge is 1.95. The number of hydrogen-bond donors (Lipinski definition) is 2. The molecule has 0 bridgehead atoms. The van der Waals surface area contributed by atoms with Gasteiger partial charge in [0, 0.05) is 23.7 Å². The van der Waals surface area contributed by atoms with Crippen molar-refractivity contribution in [2.24, 2.45) is 0 Å². The second-order valence-electron chi connectivity index (χ2n) is 2.99. The maximum absolute atomic E-state index is 5.71. The van der Waals surface area contributed by atoms with Crippen molar-refractivity contribution in [2.45, 2.75) is 6.92 Å².